The Morgan fingerprint density at radius 3 is 2.30 bits per heavy atom. The average molecular weight is 397 g/mol. The smallest absolute Gasteiger partial charge is 0.257 e. The zero-order chi connectivity index (χ0) is 19.4. The summed E-state index contributed by atoms with van der Waals surface area (Å²) in [6.45, 7) is 5.77. The standard InChI is InChI=1S/C21H20N2O2S2/c1-13(2)26-17-11-9-16(10-12-17)20(25)23-21-22-18(19(27-21)14(3)24)15-7-5-4-6-8-15/h4-13H,1-3H3,(H,22,23,25). The lowest BCUT2D eigenvalue weighted by molar-refractivity contribution is 0.101. The van der Waals surface area contributed by atoms with Crippen molar-refractivity contribution in [2.75, 3.05) is 5.32 Å². The Kier molecular flexibility index (Phi) is 6.08. The molecule has 1 aromatic heterocycles. The van der Waals surface area contributed by atoms with E-state index in [1.54, 1.807) is 23.9 Å². The Hall–Kier alpha value is -2.44. The number of Topliss-reactive ketones (excluding diaryl/α,β-unsaturated/α-hetero) is 1. The molecular weight excluding hydrogens is 376 g/mol. The molecule has 0 fully saturated rings. The number of thioether (sulfide) groups is 1. The molecule has 3 rings (SSSR count). The lowest BCUT2D eigenvalue weighted by Gasteiger charge is -2.06. The van der Waals surface area contributed by atoms with Gasteiger partial charge in [-0.2, -0.15) is 0 Å². The topological polar surface area (TPSA) is 59.1 Å². The highest BCUT2D eigenvalue weighted by Gasteiger charge is 2.18. The van der Waals surface area contributed by atoms with Gasteiger partial charge in [0.05, 0.1) is 10.6 Å². The average Bonchev–Trinajstić information content (AvgIpc) is 3.06. The third-order valence-corrected chi connectivity index (χ3v) is 5.79. The van der Waals surface area contributed by atoms with E-state index in [2.05, 4.69) is 24.1 Å². The van der Waals surface area contributed by atoms with Gasteiger partial charge in [0.2, 0.25) is 0 Å². The lowest BCUT2D eigenvalue weighted by Crippen LogP contribution is -2.11. The summed E-state index contributed by atoms with van der Waals surface area (Å²) in [5, 5.41) is 3.72. The molecule has 4 nitrogen and oxygen atoms in total. The summed E-state index contributed by atoms with van der Waals surface area (Å²) in [6.07, 6.45) is 0. The molecule has 0 spiro atoms. The number of carbonyl (C=O) groups excluding carboxylic acids is 2. The maximum atomic E-state index is 12.5. The van der Waals surface area contributed by atoms with E-state index in [4.69, 9.17) is 0 Å². The molecule has 1 heterocycles. The van der Waals surface area contributed by atoms with E-state index in [0.717, 1.165) is 10.5 Å². The predicted octanol–water partition coefficient (Wildman–Crippen LogP) is 5.77. The molecule has 0 aliphatic heterocycles. The molecule has 0 unspecified atom stereocenters. The first kappa shape index (κ1) is 19.3. The second-order valence-corrected chi connectivity index (χ2v) is 8.91. The fourth-order valence-electron chi connectivity index (χ4n) is 2.53. The van der Waals surface area contributed by atoms with Crippen LogP contribution in [0.3, 0.4) is 0 Å². The van der Waals surface area contributed by atoms with Crippen molar-refractivity contribution in [3.63, 3.8) is 0 Å². The number of hydrogen-bond acceptors (Lipinski definition) is 5. The van der Waals surface area contributed by atoms with Crippen LogP contribution in [0.2, 0.25) is 0 Å². The van der Waals surface area contributed by atoms with E-state index in [-0.39, 0.29) is 11.7 Å². The van der Waals surface area contributed by atoms with Gasteiger partial charge in [0, 0.05) is 28.2 Å². The number of rotatable bonds is 6. The van der Waals surface area contributed by atoms with Crippen LogP contribution in [-0.4, -0.2) is 21.9 Å². The number of ketones is 1. The van der Waals surface area contributed by atoms with E-state index in [1.165, 1.54) is 18.3 Å². The molecule has 0 saturated carbocycles. The van der Waals surface area contributed by atoms with Crippen LogP contribution in [0, 0.1) is 0 Å². The Bertz CT molecular complexity index is 948. The molecule has 1 amide bonds. The SMILES string of the molecule is CC(=O)c1sc(NC(=O)c2ccc(SC(C)C)cc2)nc1-c1ccccc1. The number of benzene rings is 2. The minimum Gasteiger partial charge on any atom is -0.298 e. The Balaban J connectivity index is 1.81. The van der Waals surface area contributed by atoms with Gasteiger partial charge in [0.15, 0.2) is 10.9 Å². The lowest BCUT2D eigenvalue weighted by atomic mass is 10.1. The number of hydrogen-bond donors (Lipinski definition) is 1. The van der Waals surface area contributed by atoms with Crippen molar-refractivity contribution in [1.29, 1.82) is 0 Å². The number of nitrogens with one attached hydrogen (secondary N) is 1. The van der Waals surface area contributed by atoms with Gasteiger partial charge in [-0.1, -0.05) is 55.5 Å². The quantitative estimate of drug-likeness (QED) is 0.425. The van der Waals surface area contributed by atoms with Crippen molar-refractivity contribution in [1.82, 2.24) is 4.98 Å². The fourth-order valence-corrected chi connectivity index (χ4v) is 4.25. The van der Waals surface area contributed by atoms with Crippen molar-refractivity contribution in [3.8, 4) is 11.3 Å². The molecule has 0 aliphatic rings. The largest absolute Gasteiger partial charge is 0.298 e. The van der Waals surface area contributed by atoms with Crippen LogP contribution in [0.5, 0.6) is 0 Å². The summed E-state index contributed by atoms with van der Waals surface area (Å²) < 4.78 is 0. The number of nitrogens with zero attached hydrogens (tertiary/aromatic N) is 1. The first-order chi connectivity index (χ1) is 12.9. The molecule has 3 aromatic rings. The van der Waals surface area contributed by atoms with Gasteiger partial charge in [-0.25, -0.2) is 4.98 Å². The molecular formula is C21H20N2O2S2. The number of aromatic nitrogens is 1. The summed E-state index contributed by atoms with van der Waals surface area (Å²) in [6, 6.07) is 17.0. The van der Waals surface area contributed by atoms with Gasteiger partial charge < -0.3 is 0 Å². The predicted molar refractivity (Wildman–Crippen MR) is 113 cm³/mol. The van der Waals surface area contributed by atoms with Gasteiger partial charge in [0.25, 0.3) is 5.91 Å². The molecule has 0 bridgehead atoms. The molecule has 0 saturated heterocycles. The molecule has 2 aromatic carbocycles. The maximum Gasteiger partial charge on any atom is 0.257 e. The molecule has 0 atom stereocenters. The van der Waals surface area contributed by atoms with E-state index in [0.29, 0.717) is 26.5 Å². The highest BCUT2D eigenvalue weighted by Crippen LogP contribution is 2.32. The normalized spacial score (nSPS) is 10.8. The van der Waals surface area contributed by atoms with E-state index in [1.807, 2.05) is 42.5 Å². The number of carbonyl (C=O) groups is 2. The Morgan fingerprint density at radius 1 is 1.04 bits per heavy atom. The molecule has 1 N–H and O–H groups in total. The zero-order valence-electron chi connectivity index (χ0n) is 15.4. The van der Waals surface area contributed by atoms with Crippen LogP contribution in [0.4, 0.5) is 5.13 Å². The first-order valence-electron chi connectivity index (χ1n) is 8.59. The summed E-state index contributed by atoms with van der Waals surface area (Å²) >= 11 is 2.95. The van der Waals surface area contributed by atoms with Crippen molar-refractivity contribution in [2.45, 2.75) is 30.9 Å². The van der Waals surface area contributed by atoms with Crippen molar-refractivity contribution < 1.29 is 9.59 Å². The van der Waals surface area contributed by atoms with Crippen LogP contribution < -0.4 is 5.32 Å². The van der Waals surface area contributed by atoms with E-state index in [9.17, 15) is 9.59 Å². The van der Waals surface area contributed by atoms with Crippen LogP contribution in [0.15, 0.2) is 59.5 Å². The second kappa shape index (κ2) is 8.50. The monoisotopic (exact) mass is 396 g/mol. The van der Waals surface area contributed by atoms with Crippen molar-refractivity contribution >= 4 is 39.9 Å². The summed E-state index contributed by atoms with van der Waals surface area (Å²) in [5.41, 5.74) is 2.02. The maximum absolute atomic E-state index is 12.5. The van der Waals surface area contributed by atoms with Gasteiger partial charge >= 0.3 is 0 Å². The second-order valence-electron chi connectivity index (χ2n) is 6.26. The molecule has 138 valence electrons. The van der Waals surface area contributed by atoms with Gasteiger partial charge in [0.1, 0.15) is 0 Å². The van der Waals surface area contributed by atoms with Gasteiger partial charge in [-0.3, -0.25) is 14.9 Å². The number of thiazole rings is 1. The van der Waals surface area contributed by atoms with Crippen molar-refractivity contribution in [3.05, 3.63) is 65.0 Å². The molecule has 0 radical (unpaired) electrons. The number of amides is 1. The molecule has 0 aliphatic carbocycles. The number of anilines is 1. The van der Waals surface area contributed by atoms with Crippen LogP contribution in [0.25, 0.3) is 11.3 Å². The van der Waals surface area contributed by atoms with Crippen LogP contribution in [-0.2, 0) is 0 Å². The van der Waals surface area contributed by atoms with E-state index >= 15 is 0 Å². The minimum atomic E-state index is -0.237. The van der Waals surface area contributed by atoms with Gasteiger partial charge in [-0.05, 0) is 24.3 Å². The third kappa shape index (κ3) is 4.84. The Morgan fingerprint density at radius 2 is 1.70 bits per heavy atom. The first-order valence-corrected chi connectivity index (χ1v) is 10.3. The van der Waals surface area contributed by atoms with Crippen molar-refractivity contribution in [2.24, 2.45) is 0 Å². The Labute approximate surface area is 167 Å². The summed E-state index contributed by atoms with van der Waals surface area (Å²) in [4.78, 5) is 30.7. The van der Waals surface area contributed by atoms with Crippen LogP contribution >= 0.6 is 23.1 Å². The van der Waals surface area contributed by atoms with E-state index < -0.39 is 0 Å². The molecule has 6 heteroatoms. The highest BCUT2D eigenvalue weighted by atomic mass is 32.2. The zero-order valence-corrected chi connectivity index (χ0v) is 17.0. The van der Waals surface area contributed by atoms with Gasteiger partial charge in [-0.15, -0.1) is 11.8 Å². The highest BCUT2D eigenvalue weighted by molar-refractivity contribution is 7.99. The summed E-state index contributed by atoms with van der Waals surface area (Å²) in [7, 11) is 0. The fraction of sp³-hybridized carbons (Fsp3) is 0.190. The molecule has 27 heavy (non-hydrogen) atoms. The summed E-state index contributed by atoms with van der Waals surface area (Å²) in [5.74, 6) is -0.304. The third-order valence-electron chi connectivity index (χ3n) is 3.70. The van der Waals surface area contributed by atoms with Crippen LogP contribution in [0.1, 0.15) is 40.8 Å². The minimum absolute atomic E-state index is 0.0677.